The summed E-state index contributed by atoms with van der Waals surface area (Å²) in [6.07, 6.45) is -6.34. The van der Waals surface area contributed by atoms with Crippen LogP contribution in [-0.2, 0) is 0 Å². The van der Waals surface area contributed by atoms with E-state index in [9.17, 15) is 44.3 Å². The Balaban J connectivity index is 3.39. The molecule has 11 heteroatoms. The summed E-state index contributed by atoms with van der Waals surface area (Å²) in [4.78, 5) is 11.4. The van der Waals surface area contributed by atoms with Crippen LogP contribution in [0.1, 0.15) is 16.1 Å². The molecule has 0 radical (unpaired) electrons. The van der Waals surface area contributed by atoms with Crippen LogP contribution in [-0.4, -0.2) is 34.4 Å². The van der Waals surface area contributed by atoms with Gasteiger partial charge in [-0.3, -0.25) is 9.36 Å². The van der Waals surface area contributed by atoms with Crippen LogP contribution in [0.3, 0.4) is 0 Å². The van der Waals surface area contributed by atoms with Gasteiger partial charge >= 0.3 is 29.9 Å². The van der Waals surface area contributed by atoms with E-state index in [1.54, 1.807) is 0 Å². The minimum absolute atomic E-state index is 0.101. The molecule has 1 heterocycles. The molecule has 0 amide bonds. The molecule has 1 aromatic heterocycles. The molecule has 0 aliphatic rings. The summed E-state index contributed by atoms with van der Waals surface area (Å²) >= 11 is 0. The smallest absolute Gasteiger partial charge is 0.286 e. The number of rotatable bonds is 3. The minimum atomic E-state index is -7.09. The number of hydrogen-bond donors (Lipinski definition) is 0. The molecule has 0 spiro atoms. The van der Waals surface area contributed by atoms with Crippen molar-refractivity contribution in [1.82, 2.24) is 4.57 Å². The van der Waals surface area contributed by atoms with Crippen LogP contribution in [0.2, 0.25) is 0 Å². The molecule has 0 atom stereocenters. The average molecular weight is 341 g/mol. The molecular formula is C11H8F9NO. The first-order valence-electron chi connectivity index (χ1n) is 5.48. The molecule has 0 saturated carbocycles. The number of aryl methyl sites for hydroxylation is 2. The van der Waals surface area contributed by atoms with E-state index in [0.29, 0.717) is 6.20 Å². The zero-order valence-electron chi connectivity index (χ0n) is 10.9. The molecule has 22 heavy (non-hydrogen) atoms. The number of carbonyl (C=O) groups is 1. The van der Waals surface area contributed by atoms with Gasteiger partial charge in [0.15, 0.2) is 0 Å². The van der Waals surface area contributed by atoms with Gasteiger partial charge in [0.05, 0.1) is 0 Å². The Morgan fingerprint density at radius 2 is 1.36 bits per heavy atom. The standard InChI is InChI=1S/C11H8F9NO/c1-5-3-6(2)21(4-5)7(22)8(12,13)9(14,15)10(16,17)11(18,19)20/h3-4H,1-2H3. The predicted molar refractivity (Wildman–Crippen MR) is 55.4 cm³/mol. The van der Waals surface area contributed by atoms with E-state index in [-0.39, 0.29) is 15.8 Å². The lowest BCUT2D eigenvalue weighted by atomic mass is 10.0. The molecule has 0 aliphatic heterocycles. The number of nitrogens with zero attached hydrogens (tertiary/aromatic N) is 1. The van der Waals surface area contributed by atoms with E-state index in [4.69, 9.17) is 0 Å². The van der Waals surface area contributed by atoms with Gasteiger partial charge in [0.1, 0.15) is 0 Å². The molecule has 1 rings (SSSR count). The Hall–Kier alpha value is -1.68. The quantitative estimate of drug-likeness (QED) is 0.755. The molecule has 126 valence electrons. The van der Waals surface area contributed by atoms with E-state index in [0.717, 1.165) is 13.0 Å². The van der Waals surface area contributed by atoms with Crippen molar-refractivity contribution in [2.45, 2.75) is 37.8 Å². The number of halogens is 9. The van der Waals surface area contributed by atoms with Crippen molar-refractivity contribution < 1.29 is 44.3 Å². The van der Waals surface area contributed by atoms with Gasteiger partial charge < -0.3 is 0 Å². The monoisotopic (exact) mass is 341 g/mol. The summed E-state index contributed by atoms with van der Waals surface area (Å²) < 4.78 is 114. The van der Waals surface area contributed by atoms with Crippen LogP contribution in [0.15, 0.2) is 12.3 Å². The first-order chi connectivity index (χ1) is 9.57. The Labute approximate surface area is 117 Å². The molecule has 0 saturated heterocycles. The van der Waals surface area contributed by atoms with Gasteiger partial charge in [0.2, 0.25) is 0 Å². The van der Waals surface area contributed by atoms with Crippen molar-refractivity contribution in [2.75, 3.05) is 0 Å². The van der Waals surface area contributed by atoms with Crippen molar-refractivity contribution in [3.05, 3.63) is 23.5 Å². The van der Waals surface area contributed by atoms with Crippen molar-refractivity contribution in [2.24, 2.45) is 0 Å². The summed E-state index contributed by atoms with van der Waals surface area (Å²) in [5, 5.41) is 0. The fourth-order valence-electron chi connectivity index (χ4n) is 1.62. The average Bonchev–Trinajstić information content (AvgIpc) is 2.65. The predicted octanol–water partition coefficient (Wildman–Crippen LogP) is 4.21. The van der Waals surface area contributed by atoms with Crippen LogP contribution in [0.4, 0.5) is 39.5 Å². The van der Waals surface area contributed by atoms with Gasteiger partial charge in [-0.05, 0) is 25.5 Å². The summed E-state index contributed by atoms with van der Waals surface area (Å²) in [6, 6.07) is 1.08. The number of carbonyl (C=O) groups excluding carboxylic acids is 1. The van der Waals surface area contributed by atoms with Crippen molar-refractivity contribution in [1.29, 1.82) is 0 Å². The third kappa shape index (κ3) is 2.45. The molecule has 0 aromatic carbocycles. The number of hydrogen-bond acceptors (Lipinski definition) is 1. The summed E-state index contributed by atoms with van der Waals surface area (Å²) in [5.41, 5.74) is -0.180. The first-order valence-corrected chi connectivity index (χ1v) is 5.48. The van der Waals surface area contributed by atoms with Crippen LogP contribution >= 0.6 is 0 Å². The Bertz CT molecular complexity index is 585. The summed E-state index contributed by atoms with van der Waals surface area (Å²) in [5.74, 6) is -23.2. The van der Waals surface area contributed by atoms with Crippen LogP contribution in [0.5, 0.6) is 0 Å². The van der Waals surface area contributed by atoms with E-state index in [2.05, 4.69) is 0 Å². The summed E-state index contributed by atoms with van der Waals surface area (Å²) in [6.45, 7) is 2.29. The number of alkyl halides is 9. The fraction of sp³-hybridized carbons (Fsp3) is 0.545. The van der Waals surface area contributed by atoms with Gasteiger partial charge in [-0.2, -0.15) is 39.5 Å². The number of aromatic nitrogens is 1. The molecule has 2 nitrogen and oxygen atoms in total. The van der Waals surface area contributed by atoms with Crippen molar-refractivity contribution >= 4 is 5.91 Å². The molecule has 1 aromatic rings. The Kier molecular flexibility index (Phi) is 4.10. The second-order valence-corrected chi connectivity index (χ2v) is 4.55. The van der Waals surface area contributed by atoms with E-state index >= 15 is 0 Å². The highest BCUT2D eigenvalue weighted by atomic mass is 19.4. The first kappa shape index (κ1) is 18.4. The maximum absolute atomic E-state index is 13.4. The fourth-order valence-corrected chi connectivity index (χ4v) is 1.62. The van der Waals surface area contributed by atoms with Crippen LogP contribution < -0.4 is 0 Å². The lowest BCUT2D eigenvalue weighted by Gasteiger charge is -2.32. The largest absolute Gasteiger partial charge is 0.460 e. The topological polar surface area (TPSA) is 22.0 Å². The van der Waals surface area contributed by atoms with E-state index in [1.807, 2.05) is 0 Å². The van der Waals surface area contributed by atoms with Gasteiger partial charge in [-0.25, -0.2) is 0 Å². The van der Waals surface area contributed by atoms with E-state index < -0.39 is 29.9 Å². The minimum Gasteiger partial charge on any atom is -0.286 e. The van der Waals surface area contributed by atoms with Crippen LogP contribution in [0, 0.1) is 13.8 Å². The SMILES string of the molecule is Cc1cc(C)n(C(=O)C(F)(F)C(F)(F)C(F)(F)C(F)(F)F)c1. The maximum atomic E-state index is 13.4. The van der Waals surface area contributed by atoms with Crippen molar-refractivity contribution in [3.63, 3.8) is 0 Å². The zero-order chi connectivity index (χ0) is 17.7. The highest BCUT2D eigenvalue weighted by Gasteiger charge is 2.83. The van der Waals surface area contributed by atoms with Gasteiger partial charge in [-0.15, -0.1) is 0 Å². The Morgan fingerprint density at radius 3 is 1.68 bits per heavy atom. The lowest BCUT2D eigenvalue weighted by molar-refractivity contribution is -0.386. The molecule has 0 aliphatic carbocycles. The van der Waals surface area contributed by atoms with Gasteiger partial charge in [0.25, 0.3) is 0 Å². The molecule has 0 N–H and O–H groups in total. The van der Waals surface area contributed by atoms with Crippen molar-refractivity contribution in [3.8, 4) is 0 Å². The molecular weight excluding hydrogens is 333 g/mol. The van der Waals surface area contributed by atoms with Gasteiger partial charge in [0, 0.05) is 11.9 Å². The molecule has 0 unspecified atom stereocenters. The zero-order valence-corrected chi connectivity index (χ0v) is 10.9. The maximum Gasteiger partial charge on any atom is 0.460 e. The highest BCUT2D eigenvalue weighted by Crippen LogP contribution is 2.53. The highest BCUT2D eigenvalue weighted by molar-refractivity contribution is 5.88. The lowest BCUT2D eigenvalue weighted by Crippen LogP contribution is -2.64. The second-order valence-electron chi connectivity index (χ2n) is 4.55. The summed E-state index contributed by atoms with van der Waals surface area (Å²) in [7, 11) is 0. The normalized spacial score (nSPS) is 14.3. The van der Waals surface area contributed by atoms with E-state index in [1.165, 1.54) is 6.92 Å². The third-order valence-corrected chi connectivity index (χ3v) is 2.78. The third-order valence-electron chi connectivity index (χ3n) is 2.78. The molecule has 0 fully saturated rings. The van der Waals surface area contributed by atoms with Gasteiger partial charge in [-0.1, -0.05) is 0 Å². The second kappa shape index (κ2) is 4.92. The molecule has 0 bridgehead atoms. The Morgan fingerprint density at radius 1 is 0.909 bits per heavy atom. The van der Waals surface area contributed by atoms with Crippen LogP contribution in [0.25, 0.3) is 0 Å².